The fourth-order valence-electron chi connectivity index (χ4n) is 2.48. The van der Waals surface area contributed by atoms with Gasteiger partial charge in [-0.1, -0.05) is 0 Å². The molecule has 0 spiro atoms. The van der Waals surface area contributed by atoms with Gasteiger partial charge in [0.25, 0.3) is 0 Å². The molecule has 0 bridgehead atoms. The van der Waals surface area contributed by atoms with Gasteiger partial charge in [0, 0.05) is 26.2 Å². The number of rotatable bonds is 6. The summed E-state index contributed by atoms with van der Waals surface area (Å²) >= 11 is 0. The first-order valence-electron chi connectivity index (χ1n) is 7.98. The summed E-state index contributed by atoms with van der Waals surface area (Å²) in [5.74, 6) is 1.53. The van der Waals surface area contributed by atoms with Gasteiger partial charge in [0.15, 0.2) is 0 Å². The van der Waals surface area contributed by atoms with Crippen molar-refractivity contribution in [1.82, 2.24) is 9.88 Å². The van der Waals surface area contributed by atoms with Crippen LogP contribution in [-0.4, -0.2) is 62.2 Å². The van der Waals surface area contributed by atoms with Gasteiger partial charge in [0.1, 0.15) is 12.4 Å². The van der Waals surface area contributed by atoms with Gasteiger partial charge in [-0.25, -0.2) is 4.98 Å². The Balaban J connectivity index is 1.45. The molecule has 2 heterocycles. The van der Waals surface area contributed by atoms with Crippen LogP contribution < -0.4 is 10.2 Å². The second kappa shape index (κ2) is 7.07. The van der Waals surface area contributed by atoms with Crippen LogP contribution in [0.3, 0.4) is 0 Å². The van der Waals surface area contributed by atoms with Crippen molar-refractivity contribution in [3.63, 3.8) is 0 Å². The maximum absolute atomic E-state index is 11.8. The highest BCUT2D eigenvalue weighted by Gasteiger charge is 2.21. The summed E-state index contributed by atoms with van der Waals surface area (Å²) in [6.07, 6.45) is 4.19. The van der Waals surface area contributed by atoms with E-state index in [1.807, 2.05) is 12.1 Å². The van der Waals surface area contributed by atoms with Gasteiger partial charge in [-0.3, -0.25) is 4.79 Å². The van der Waals surface area contributed by atoms with Gasteiger partial charge < -0.3 is 19.9 Å². The summed E-state index contributed by atoms with van der Waals surface area (Å²) in [4.78, 5) is 20.8. The summed E-state index contributed by atoms with van der Waals surface area (Å²) in [5.41, 5.74) is 0.720. The number of hydrogen-bond acceptors (Lipinski definition) is 5. The van der Waals surface area contributed by atoms with E-state index in [2.05, 4.69) is 27.1 Å². The van der Waals surface area contributed by atoms with Crippen molar-refractivity contribution in [2.45, 2.75) is 12.8 Å². The number of amides is 1. The van der Waals surface area contributed by atoms with E-state index >= 15 is 0 Å². The average molecular weight is 304 g/mol. The number of aromatic nitrogens is 1. The number of nitrogens with zero attached hydrogens (tertiary/aromatic N) is 3. The van der Waals surface area contributed by atoms with E-state index in [9.17, 15) is 4.79 Å². The second-order valence-corrected chi connectivity index (χ2v) is 6.20. The van der Waals surface area contributed by atoms with Crippen LogP contribution in [0.5, 0.6) is 0 Å². The van der Waals surface area contributed by atoms with E-state index in [-0.39, 0.29) is 12.5 Å². The number of pyridine rings is 1. The average Bonchev–Trinajstić information content (AvgIpc) is 3.33. The smallest absolute Gasteiger partial charge is 0.250 e. The van der Waals surface area contributed by atoms with E-state index in [0.717, 1.165) is 37.7 Å². The fourth-order valence-corrected chi connectivity index (χ4v) is 2.48. The van der Waals surface area contributed by atoms with Crippen LogP contribution in [0.4, 0.5) is 11.5 Å². The Morgan fingerprint density at radius 1 is 1.32 bits per heavy atom. The van der Waals surface area contributed by atoms with Crippen LogP contribution in [0.25, 0.3) is 0 Å². The highest BCUT2D eigenvalue weighted by atomic mass is 16.5. The molecule has 2 fully saturated rings. The van der Waals surface area contributed by atoms with Crippen LogP contribution in [0, 0.1) is 5.92 Å². The zero-order valence-corrected chi connectivity index (χ0v) is 13.1. The van der Waals surface area contributed by atoms with Gasteiger partial charge in [0.2, 0.25) is 5.91 Å². The van der Waals surface area contributed by atoms with E-state index in [1.165, 1.54) is 12.8 Å². The third-order valence-corrected chi connectivity index (χ3v) is 4.14. The Bertz CT molecular complexity index is 493. The molecule has 6 nitrogen and oxygen atoms in total. The van der Waals surface area contributed by atoms with E-state index in [1.54, 1.807) is 6.20 Å². The summed E-state index contributed by atoms with van der Waals surface area (Å²) in [6, 6.07) is 3.87. The molecule has 1 saturated heterocycles. The third-order valence-electron chi connectivity index (χ3n) is 4.14. The molecule has 1 amide bonds. The van der Waals surface area contributed by atoms with Gasteiger partial charge in [0.05, 0.1) is 18.5 Å². The van der Waals surface area contributed by atoms with Crippen LogP contribution in [0.15, 0.2) is 18.3 Å². The second-order valence-electron chi connectivity index (χ2n) is 6.20. The first kappa shape index (κ1) is 15.2. The van der Waals surface area contributed by atoms with Crippen molar-refractivity contribution in [2.24, 2.45) is 5.92 Å². The van der Waals surface area contributed by atoms with Crippen LogP contribution in [0.1, 0.15) is 12.8 Å². The molecule has 120 valence electrons. The maximum atomic E-state index is 11.8. The minimum Gasteiger partial charge on any atom is -0.371 e. The zero-order valence-electron chi connectivity index (χ0n) is 13.1. The van der Waals surface area contributed by atoms with Gasteiger partial charge >= 0.3 is 0 Å². The highest BCUT2D eigenvalue weighted by molar-refractivity contribution is 5.91. The molecule has 2 aliphatic rings. The maximum Gasteiger partial charge on any atom is 0.250 e. The molecule has 6 heteroatoms. The Morgan fingerprint density at radius 2 is 2.09 bits per heavy atom. The van der Waals surface area contributed by atoms with Crippen LogP contribution in [0.2, 0.25) is 0 Å². The number of hydrogen-bond donors (Lipinski definition) is 1. The van der Waals surface area contributed by atoms with Crippen molar-refractivity contribution in [3.05, 3.63) is 18.3 Å². The van der Waals surface area contributed by atoms with Crippen molar-refractivity contribution >= 4 is 17.4 Å². The zero-order chi connectivity index (χ0) is 15.4. The van der Waals surface area contributed by atoms with Crippen LogP contribution in [-0.2, 0) is 9.53 Å². The minimum atomic E-state index is -0.116. The lowest BCUT2D eigenvalue weighted by Crippen LogP contribution is -2.44. The summed E-state index contributed by atoms with van der Waals surface area (Å²) in [5, 5.41) is 2.82. The fraction of sp³-hybridized carbons (Fsp3) is 0.625. The number of likely N-dealkylation sites (N-methyl/N-ethyl adjacent to an activating group) is 1. The number of piperazine rings is 1. The molecule has 3 rings (SSSR count). The molecule has 1 aromatic rings. The number of carbonyl (C=O) groups excluding carboxylic acids is 1. The lowest BCUT2D eigenvalue weighted by Gasteiger charge is -2.33. The Labute approximate surface area is 131 Å². The van der Waals surface area contributed by atoms with Crippen molar-refractivity contribution in [3.8, 4) is 0 Å². The van der Waals surface area contributed by atoms with Crippen molar-refractivity contribution in [2.75, 3.05) is 56.7 Å². The molecule has 1 aliphatic carbocycles. The molecule has 1 saturated carbocycles. The molecular formula is C16H24N4O2. The summed E-state index contributed by atoms with van der Waals surface area (Å²) in [7, 11) is 2.13. The standard InChI is InChI=1S/C16H24N4O2/c1-19-6-8-20(9-7-19)15-5-4-14(10-17-15)18-16(21)12-22-11-13-2-3-13/h4-5,10,13H,2-3,6-9,11-12H2,1H3,(H,18,21). The lowest BCUT2D eigenvalue weighted by molar-refractivity contribution is -0.120. The number of anilines is 2. The number of carbonyl (C=O) groups is 1. The van der Waals surface area contributed by atoms with Crippen LogP contribution >= 0.6 is 0 Å². The third kappa shape index (κ3) is 4.42. The van der Waals surface area contributed by atoms with Crippen molar-refractivity contribution < 1.29 is 9.53 Å². The predicted molar refractivity (Wildman–Crippen MR) is 86.1 cm³/mol. The lowest BCUT2D eigenvalue weighted by atomic mass is 10.3. The molecule has 0 radical (unpaired) electrons. The minimum absolute atomic E-state index is 0.116. The molecule has 0 unspecified atom stereocenters. The van der Waals surface area contributed by atoms with Gasteiger partial charge in [-0.15, -0.1) is 0 Å². The topological polar surface area (TPSA) is 57.7 Å². The molecule has 0 aromatic carbocycles. The highest BCUT2D eigenvalue weighted by Crippen LogP contribution is 2.28. The van der Waals surface area contributed by atoms with E-state index in [4.69, 9.17) is 4.74 Å². The number of nitrogens with one attached hydrogen (secondary N) is 1. The normalized spacial score (nSPS) is 19.2. The molecule has 22 heavy (non-hydrogen) atoms. The molecule has 1 N–H and O–H groups in total. The first-order valence-corrected chi connectivity index (χ1v) is 7.98. The Hall–Kier alpha value is -1.66. The number of ether oxygens (including phenoxy) is 1. The quantitative estimate of drug-likeness (QED) is 0.856. The Kier molecular flexibility index (Phi) is 4.90. The molecular weight excluding hydrogens is 280 g/mol. The predicted octanol–water partition coefficient (Wildman–Crippen LogP) is 1.20. The molecule has 1 aromatic heterocycles. The summed E-state index contributed by atoms with van der Waals surface area (Å²) < 4.78 is 5.38. The van der Waals surface area contributed by atoms with Gasteiger partial charge in [-0.2, -0.15) is 0 Å². The van der Waals surface area contributed by atoms with Gasteiger partial charge in [-0.05, 0) is 37.9 Å². The monoisotopic (exact) mass is 304 g/mol. The largest absolute Gasteiger partial charge is 0.371 e. The first-order chi connectivity index (χ1) is 10.7. The van der Waals surface area contributed by atoms with E-state index in [0.29, 0.717) is 12.5 Å². The van der Waals surface area contributed by atoms with E-state index < -0.39 is 0 Å². The Morgan fingerprint density at radius 3 is 2.73 bits per heavy atom. The molecule has 0 atom stereocenters. The van der Waals surface area contributed by atoms with Crippen molar-refractivity contribution in [1.29, 1.82) is 0 Å². The summed E-state index contributed by atoms with van der Waals surface area (Å²) in [6.45, 7) is 4.91. The molecule has 1 aliphatic heterocycles. The SMILES string of the molecule is CN1CCN(c2ccc(NC(=O)COCC3CC3)cn2)CC1.